The fourth-order valence-electron chi connectivity index (χ4n) is 2.46. The molecule has 2 rings (SSSR count). The van der Waals surface area contributed by atoms with Crippen molar-refractivity contribution in [2.24, 2.45) is 5.73 Å². The SMILES string of the molecule is CCCn1nc(C)c(-c2ccccc2CN)c1C. The molecule has 2 N–H and O–H groups in total. The van der Waals surface area contributed by atoms with Crippen LogP contribution >= 0.6 is 0 Å². The van der Waals surface area contributed by atoms with E-state index in [1.807, 2.05) is 6.07 Å². The highest BCUT2D eigenvalue weighted by molar-refractivity contribution is 5.71. The van der Waals surface area contributed by atoms with Gasteiger partial charge in [0.05, 0.1) is 5.69 Å². The van der Waals surface area contributed by atoms with E-state index in [0.717, 1.165) is 18.7 Å². The maximum Gasteiger partial charge on any atom is 0.0675 e. The molecule has 3 nitrogen and oxygen atoms in total. The standard InChI is InChI=1S/C15H21N3/c1-4-9-18-12(3)15(11(2)17-18)14-8-6-5-7-13(14)10-16/h5-8H,4,9-10,16H2,1-3H3. The van der Waals surface area contributed by atoms with E-state index in [4.69, 9.17) is 5.73 Å². The fraction of sp³-hybridized carbons (Fsp3) is 0.400. The van der Waals surface area contributed by atoms with Crippen LogP contribution in [0.4, 0.5) is 0 Å². The van der Waals surface area contributed by atoms with E-state index in [-0.39, 0.29) is 0 Å². The molecule has 0 radical (unpaired) electrons. The highest BCUT2D eigenvalue weighted by Crippen LogP contribution is 2.29. The van der Waals surface area contributed by atoms with Gasteiger partial charge in [0, 0.05) is 24.3 Å². The van der Waals surface area contributed by atoms with Crippen LogP contribution in [0.3, 0.4) is 0 Å². The third-order valence-electron chi connectivity index (χ3n) is 3.32. The lowest BCUT2D eigenvalue weighted by atomic mass is 9.98. The molecule has 3 heteroatoms. The van der Waals surface area contributed by atoms with Crippen LogP contribution < -0.4 is 5.73 Å². The van der Waals surface area contributed by atoms with Gasteiger partial charge in [-0.1, -0.05) is 31.2 Å². The molecule has 0 aliphatic rings. The summed E-state index contributed by atoms with van der Waals surface area (Å²) >= 11 is 0. The summed E-state index contributed by atoms with van der Waals surface area (Å²) in [6.45, 7) is 7.91. The average Bonchev–Trinajstić information content (AvgIpc) is 2.65. The van der Waals surface area contributed by atoms with Gasteiger partial charge in [-0.15, -0.1) is 0 Å². The molecule has 0 saturated heterocycles. The van der Waals surface area contributed by atoms with Crippen molar-refractivity contribution < 1.29 is 0 Å². The molecule has 1 aromatic heterocycles. The second-order valence-electron chi connectivity index (χ2n) is 4.63. The molecule has 0 aliphatic heterocycles. The molecule has 0 fully saturated rings. The number of nitrogens with zero attached hydrogens (tertiary/aromatic N) is 2. The molecule has 0 atom stereocenters. The van der Waals surface area contributed by atoms with Gasteiger partial charge in [-0.3, -0.25) is 4.68 Å². The average molecular weight is 243 g/mol. The lowest BCUT2D eigenvalue weighted by Gasteiger charge is -2.08. The zero-order valence-corrected chi connectivity index (χ0v) is 11.4. The smallest absolute Gasteiger partial charge is 0.0675 e. The van der Waals surface area contributed by atoms with Gasteiger partial charge >= 0.3 is 0 Å². The zero-order valence-electron chi connectivity index (χ0n) is 11.4. The minimum absolute atomic E-state index is 0.564. The summed E-state index contributed by atoms with van der Waals surface area (Å²) in [4.78, 5) is 0. The van der Waals surface area contributed by atoms with Crippen molar-refractivity contribution in [2.75, 3.05) is 0 Å². The fourth-order valence-corrected chi connectivity index (χ4v) is 2.46. The summed E-state index contributed by atoms with van der Waals surface area (Å²) in [6, 6.07) is 8.32. The van der Waals surface area contributed by atoms with Crippen molar-refractivity contribution in [3.8, 4) is 11.1 Å². The lowest BCUT2D eigenvalue weighted by Crippen LogP contribution is -2.02. The number of aromatic nitrogens is 2. The van der Waals surface area contributed by atoms with Crippen LogP contribution in [-0.4, -0.2) is 9.78 Å². The molecule has 0 spiro atoms. The molecule has 0 bridgehead atoms. The third kappa shape index (κ3) is 2.18. The van der Waals surface area contributed by atoms with Crippen LogP contribution in [-0.2, 0) is 13.1 Å². The Kier molecular flexibility index (Phi) is 3.82. The number of benzene rings is 1. The maximum absolute atomic E-state index is 5.83. The molecule has 96 valence electrons. The Morgan fingerprint density at radius 3 is 2.61 bits per heavy atom. The molecule has 1 heterocycles. The van der Waals surface area contributed by atoms with Crippen LogP contribution in [0.5, 0.6) is 0 Å². The topological polar surface area (TPSA) is 43.8 Å². The Morgan fingerprint density at radius 1 is 1.22 bits per heavy atom. The molecular weight excluding hydrogens is 222 g/mol. The maximum atomic E-state index is 5.83. The first-order chi connectivity index (χ1) is 8.69. The summed E-state index contributed by atoms with van der Waals surface area (Å²) < 4.78 is 2.10. The van der Waals surface area contributed by atoms with Crippen molar-refractivity contribution >= 4 is 0 Å². The quantitative estimate of drug-likeness (QED) is 0.897. The molecule has 2 aromatic rings. The van der Waals surface area contributed by atoms with Crippen molar-refractivity contribution in [3.63, 3.8) is 0 Å². The van der Waals surface area contributed by atoms with Crippen LogP contribution in [0.25, 0.3) is 11.1 Å². The Hall–Kier alpha value is -1.61. The number of nitrogens with two attached hydrogens (primary N) is 1. The summed E-state index contributed by atoms with van der Waals surface area (Å²) in [5, 5.41) is 4.63. The Labute approximate surface area is 109 Å². The number of hydrogen-bond acceptors (Lipinski definition) is 2. The Morgan fingerprint density at radius 2 is 1.94 bits per heavy atom. The van der Waals surface area contributed by atoms with Crippen LogP contribution in [0.2, 0.25) is 0 Å². The van der Waals surface area contributed by atoms with E-state index in [0.29, 0.717) is 6.54 Å². The van der Waals surface area contributed by atoms with Crippen LogP contribution in [0.15, 0.2) is 24.3 Å². The minimum Gasteiger partial charge on any atom is -0.326 e. The Balaban J connectivity index is 2.57. The monoisotopic (exact) mass is 243 g/mol. The van der Waals surface area contributed by atoms with Crippen LogP contribution in [0.1, 0.15) is 30.3 Å². The molecule has 0 aliphatic carbocycles. The van der Waals surface area contributed by atoms with Crippen molar-refractivity contribution in [1.82, 2.24) is 9.78 Å². The first-order valence-corrected chi connectivity index (χ1v) is 6.51. The largest absolute Gasteiger partial charge is 0.326 e. The van der Waals surface area contributed by atoms with Gasteiger partial charge in [0.2, 0.25) is 0 Å². The Bertz CT molecular complexity index is 541. The van der Waals surface area contributed by atoms with Gasteiger partial charge in [0.25, 0.3) is 0 Å². The first kappa shape index (κ1) is 12.8. The van der Waals surface area contributed by atoms with Gasteiger partial charge in [-0.25, -0.2) is 0 Å². The molecule has 18 heavy (non-hydrogen) atoms. The summed E-state index contributed by atoms with van der Waals surface area (Å²) in [5.74, 6) is 0. The number of hydrogen-bond donors (Lipinski definition) is 1. The van der Waals surface area contributed by atoms with Gasteiger partial charge in [-0.2, -0.15) is 5.10 Å². The molecule has 0 unspecified atom stereocenters. The van der Waals surface area contributed by atoms with Gasteiger partial charge in [0.1, 0.15) is 0 Å². The lowest BCUT2D eigenvalue weighted by molar-refractivity contribution is 0.583. The van der Waals surface area contributed by atoms with E-state index < -0.39 is 0 Å². The summed E-state index contributed by atoms with van der Waals surface area (Å²) in [7, 11) is 0. The van der Waals surface area contributed by atoms with Crippen molar-refractivity contribution in [2.45, 2.75) is 40.3 Å². The zero-order chi connectivity index (χ0) is 13.1. The van der Waals surface area contributed by atoms with Gasteiger partial charge in [-0.05, 0) is 31.4 Å². The van der Waals surface area contributed by atoms with E-state index in [1.165, 1.54) is 22.4 Å². The highest BCUT2D eigenvalue weighted by atomic mass is 15.3. The van der Waals surface area contributed by atoms with E-state index in [1.54, 1.807) is 0 Å². The molecular formula is C15H21N3. The minimum atomic E-state index is 0.564. The number of aryl methyl sites for hydroxylation is 2. The number of rotatable bonds is 4. The molecule has 0 saturated carbocycles. The highest BCUT2D eigenvalue weighted by Gasteiger charge is 2.14. The second kappa shape index (κ2) is 5.36. The normalized spacial score (nSPS) is 10.9. The van der Waals surface area contributed by atoms with E-state index in [2.05, 4.69) is 48.8 Å². The molecule has 1 aromatic carbocycles. The van der Waals surface area contributed by atoms with Gasteiger partial charge in [0.15, 0.2) is 0 Å². The first-order valence-electron chi connectivity index (χ1n) is 6.51. The summed E-state index contributed by atoms with van der Waals surface area (Å²) in [5.41, 5.74) is 11.8. The van der Waals surface area contributed by atoms with Crippen molar-refractivity contribution in [3.05, 3.63) is 41.2 Å². The third-order valence-corrected chi connectivity index (χ3v) is 3.32. The van der Waals surface area contributed by atoms with Gasteiger partial charge < -0.3 is 5.73 Å². The van der Waals surface area contributed by atoms with Crippen LogP contribution in [0, 0.1) is 13.8 Å². The van der Waals surface area contributed by atoms with Crippen molar-refractivity contribution in [1.29, 1.82) is 0 Å². The predicted molar refractivity (Wildman–Crippen MR) is 75.3 cm³/mol. The predicted octanol–water partition coefficient (Wildman–Crippen LogP) is 3.04. The molecule has 0 amide bonds. The second-order valence-corrected chi connectivity index (χ2v) is 4.63. The van der Waals surface area contributed by atoms with E-state index >= 15 is 0 Å². The van der Waals surface area contributed by atoms with E-state index in [9.17, 15) is 0 Å². The summed E-state index contributed by atoms with van der Waals surface area (Å²) in [6.07, 6.45) is 1.10.